The van der Waals surface area contributed by atoms with Gasteiger partial charge >= 0.3 is 0 Å². The Bertz CT molecular complexity index is 803. The van der Waals surface area contributed by atoms with Crippen molar-refractivity contribution in [2.45, 2.75) is 82.8 Å². The molecule has 1 unspecified atom stereocenters. The molecule has 0 aromatic heterocycles. The second-order valence-corrected chi connectivity index (χ2v) is 11.1. The first-order valence-electron chi connectivity index (χ1n) is 12.3. The topological polar surface area (TPSA) is 32.3 Å². The summed E-state index contributed by atoms with van der Waals surface area (Å²) in [5.74, 6) is 9.78. The van der Waals surface area contributed by atoms with Gasteiger partial charge in [0.1, 0.15) is 0 Å². The van der Waals surface area contributed by atoms with Gasteiger partial charge in [0.15, 0.2) is 0 Å². The Morgan fingerprint density at radius 3 is 2.37 bits per heavy atom. The van der Waals surface area contributed by atoms with Crippen LogP contribution in [0.2, 0.25) is 5.02 Å². The molecule has 5 aliphatic carbocycles. The number of benzene rings is 1. The van der Waals surface area contributed by atoms with Crippen LogP contribution in [0.1, 0.15) is 82.3 Å². The largest absolute Gasteiger partial charge is 0.385 e. The zero-order valence-electron chi connectivity index (χ0n) is 18.3. The molecule has 0 aliphatic heterocycles. The van der Waals surface area contributed by atoms with E-state index < -0.39 is 5.60 Å². The fourth-order valence-corrected chi connectivity index (χ4v) is 7.75. The van der Waals surface area contributed by atoms with Crippen LogP contribution in [-0.2, 0) is 5.60 Å². The molecule has 30 heavy (non-hydrogen) atoms. The van der Waals surface area contributed by atoms with Gasteiger partial charge in [0, 0.05) is 22.2 Å². The van der Waals surface area contributed by atoms with Crippen LogP contribution in [0.5, 0.6) is 0 Å². The van der Waals surface area contributed by atoms with Crippen LogP contribution in [0, 0.1) is 41.4 Å². The monoisotopic (exact) mass is 425 g/mol. The standard InChI is InChI=1S/C27H36ClNO/c1-18(22-7-3-2-4-8-22)29-11-5-6-19-9-10-25(26(28)17-19)27(30)23-13-20-12-21(15-23)16-24(27)14-20/h9-10,17-18,20-24,29-30H,2-4,7-8,11-16H2,1H3. The van der Waals surface area contributed by atoms with E-state index in [1.807, 2.05) is 6.07 Å². The Morgan fingerprint density at radius 2 is 1.73 bits per heavy atom. The molecule has 1 aromatic rings. The van der Waals surface area contributed by atoms with E-state index in [4.69, 9.17) is 11.6 Å². The van der Waals surface area contributed by atoms with Gasteiger partial charge in [-0.1, -0.05) is 48.8 Å². The van der Waals surface area contributed by atoms with E-state index in [0.29, 0.717) is 29.4 Å². The van der Waals surface area contributed by atoms with E-state index in [2.05, 4.69) is 36.2 Å². The van der Waals surface area contributed by atoms with Gasteiger partial charge in [-0.2, -0.15) is 0 Å². The summed E-state index contributed by atoms with van der Waals surface area (Å²) in [4.78, 5) is 0. The van der Waals surface area contributed by atoms with E-state index in [9.17, 15) is 5.11 Å². The first-order valence-corrected chi connectivity index (χ1v) is 12.7. The summed E-state index contributed by atoms with van der Waals surface area (Å²) in [5, 5.41) is 16.1. The Kier molecular flexibility index (Phi) is 5.91. The molecule has 5 saturated carbocycles. The summed E-state index contributed by atoms with van der Waals surface area (Å²) in [5.41, 5.74) is 1.17. The van der Waals surface area contributed by atoms with Crippen molar-refractivity contribution in [1.82, 2.24) is 5.32 Å². The highest BCUT2D eigenvalue weighted by atomic mass is 35.5. The van der Waals surface area contributed by atoms with Gasteiger partial charge in [-0.25, -0.2) is 0 Å². The molecule has 162 valence electrons. The maximum absolute atomic E-state index is 11.8. The van der Waals surface area contributed by atoms with Gasteiger partial charge in [-0.15, -0.1) is 0 Å². The Balaban J connectivity index is 1.24. The zero-order valence-corrected chi connectivity index (χ0v) is 19.1. The lowest BCUT2D eigenvalue weighted by atomic mass is 9.48. The first kappa shape index (κ1) is 20.9. The number of rotatable bonds is 4. The van der Waals surface area contributed by atoms with Crippen molar-refractivity contribution in [1.29, 1.82) is 0 Å². The van der Waals surface area contributed by atoms with Crippen molar-refractivity contribution in [3.8, 4) is 11.8 Å². The zero-order chi connectivity index (χ0) is 20.7. The number of nitrogens with one attached hydrogen (secondary N) is 1. The van der Waals surface area contributed by atoms with Crippen molar-refractivity contribution >= 4 is 11.6 Å². The maximum Gasteiger partial charge on any atom is 0.0967 e. The minimum atomic E-state index is -0.729. The van der Waals surface area contributed by atoms with E-state index in [0.717, 1.165) is 28.9 Å². The lowest BCUT2D eigenvalue weighted by Crippen LogP contribution is -2.55. The van der Waals surface area contributed by atoms with E-state index in [1.165, 1.54) is 64.2 Å². The van der Waals surface area contributed by atoms with Crippen LogP contribution in [0.25, 0.3) is 0 Å². The molecule has 0 saturated heterocycles. The number of aliphatic hydroxyl groups is 1. The molecule has 0 spiro atoms. The molecule has 6 rings (SSSR count). The van der Waals surface area contributed by atoms with E-state index in [-0.39, 0.29) is 0 Å². The van der Waals surface area contributed by atoms with Gasteiger partial charge in [-0.3, -0.25) is 0 Å². The van der Waals surface area contributed by atoms with Crippen molar-refractivity contribution in [2.75, 3.05) is 6.54 Å². The van der Waals surface area contributed by atoms with E-state index >= 15 is 0 Å². The molecule has 1 aromatic carbocycles. The lowest BCUT2D eigenvalue weighted by Gasteiger charge is -2.59. The molecule has 1 atom stereocenters. The summed E-state index contributed by atoms with van der Waals surface area (Å²) >= 11 is 6.73. The molecule has 5 fully saturated rings. The van der Waals surface area contributed by atoms with Crippen molar-refractivity contribution < 1.29 is 5.11 Å². The number of hydrogen-bond acceptors (Lipinski definition) is 2. The number of hydrogen-bond donors (Lipinski definition) is 2. The van der Waals surface area contributed by atoms with Crippen LogP contribution in [0.15, 0.2) is 18.2 Å². The highest BCUT2D eigenvalue weighted by Gasteiger charge is 2.57. The first-order chi connectivity index (χ1) is 14.5. The Hall–Kier alpha value is -1.01. The van der Waals surface area contributed by atoms with Gasteiger partial charge in [0.05, 0.1) is 12.1 Å². The molecule has 0 radical (unpaired) electrons. The van der Waals surface area contributed by atoms with Gasteiger partial charge < -0.3 is 10.4 Å². The highest BCUT2D eigenvalue weighted by Crippen LogP contribution is 2.62. The van der Waals surface area contributed by atoms with Crippen LogP contribution in [0.3, 0.4) is 0 Å². The average Bonchev–Trinajstić information content (AvgIpc) is 2.75. The molecular weight excluding hydrogens is 390 g/mol. The van der Waals surface area contributed by atoms with Crippen LogP contribution < -0.4 is 5.32 Å². The predicted octanol–water partition coefficient (Wildman–Crippen LogP) is 5.89. The quantitative estimate of drug-likeness (QED) is 0.589. The lowest BCUT2D eigenvalue weighted by molar-refractivity contribution is -0.179. The summed E-state index contributed by atoms with van der Waals surface area (Å²) < 4.78 is 0. The highest BCUT2D eigenvalue weighted by molar-refractivity contribution is 6.31. The Morgan fingerprint density at radius 1 is 1.07 bits per heavy atom. The number of halogens is 1. The summed E-state index contributed by atoms with van der Waals surface area (Å²) in [6.07, 6.45) is 12.9. The van der Waals surface area contributed by atoms with Crippen LogP contribution >= 0.6 is 11.6 Å². The van der Waals surface area contributed by atoms with Crippen molar-refractivity contribution in [2.24, 2.45) is 29.6 Å². The average molecular weight is 426 g/mol. The third-order valence-corrected chi connectivity index (χ3v) is 9.20. The Labute approximate surface area is 187 Å². The minimum Gasteiger partial charge on any atom is -0.385 e. The second-order valence-electron chi connectivity index (χ2n) is 10.7. The normalized spacial score (nSPS) is 36.4. The fourth-order valence-electron chi connectivity index (χ4n) is 7.42. The molecule has 3 heteroatoms. The summed E-state index contributed by atoms with van der Waals surface area (Å²) in [6.45, 7) is 3.02. The summed E-state index contributed by atoms with van der Waals surface area (Å²) in [7, 11) is 0. The molecule has 4 bridgehead atoms. The molecular formula is C27H36ClNO. The van der Waals surface area contributed by atoms with Gasteiger partial charge in [-0.05, 0) is 93.6 Å². The van der Waals surface area contributed by atoms with E-state index in [1.54, 1.807) is 0 Å². The maximum atomic E-state index is 11.8. The molecule has 0 heterocycles. The molecule has 0 amide bonds. The van der Waals surface area contributed by atoms with Crippen LogP contribution in [-0.4, -0.2) is 17.7 Å². The van der Waals surface area contributed by atoms with Crippen molar-refractivity contribution in [3.05, 3.63) is 34.3 Å². The second kappa shape index (κ2) is 8.50. The van der Waals surface area contributed by atoms with Gasteiger partial charge in [0.25, 0.3) is 0 Å². The SMILES string of the molecule is CC(NCC#Cc1ccc(C2(O)C3CC4CC(C3)CC2C4)c(Cl)c1)C1CCCCC1. The summed E-state index contributed by atoms with van der Waals surface area (Å²) in [6, 6.07) is 6.63. The molecule has 2 N–H and O–H groups in total. The van der Waals surface area contributed by atoms with Gasteiger partial charge in [0.2, 0.25) is 0 Å². The molecule has 5 aliphatic rings. The third-order valence-electron chi connectivity index (χ3n) is 8.89. The molecule has 2 nitrogen and oxygen atoms in total. The predicted molar refractivity (Wildman–Crippen MR) is 123 cm³/mol. The van der Waals surface area contributed by atoms with Crippen LogP contribution in [0.4, 0.5) is 0 Å². The third kappa shape index (κ3) is 3.83. The van der Waals surface area contributed by atoms with Crippen molar-refractivity contribution in [3.63, 3.8) is 0 Å². The fraction of sp³-hybridized carbons (Fsp3) is 0.704. The smallest absolute Gasteiger partial charge is 0.0967 e. The minimum absolute atomic E-state index is 0.383.